The summed E-state index contributed by atoms with van der Waals surface area (Å²) in [5.41, 5.74) is 0.833. The number of alkyl halides is 4. The maximum Gasteiger partial charge on any atom is 0.416 e. The maximum absolute atomic E-state index is 15.6. The van der Waals surface area contributed by atoms with Crippen LogP contribution in [0.4, 0.5) is 17.6 Å². The molecule has 1 aromatic carbocycles. The molecule has 1 aliphatic heterocycles. The fourth-order valence-corrected chi connectivity index (χ4v) is 4.08. The van der Waals surface area contributed by atoms with E-state index < -0.39 is 23.8 Å². The number of hydrogen-bond donors (Lipinski definition) is 1. The summed E-state index contributed by atoms with van der Waals surface area (Å²) in [6.07, 6.45) is -2.96. The minimum atomic E-state index is -4.60. The van der Waals surface area contributed by atoms with Gasteiger partial charge in [-0.2, -0.15) is 13.2 Å². The van der Waals surface area contributed by atoms with E-state index in [0.717, 1.165) is 16.8 Å². The quantitative estimate of drug-likeness (QED) is 0.417. The van der Waals surface area contributed by atoms with E-state index >= 15 is 4.39 Å². The lowest BCUT2D eigenvalue weighted by Gasteiger charge is -2.35. The molecule has 0 amide bonds. The number of benzene rings is 1. The monoisotopic (exact) mass is 488 g/mol. The van der Waals surface area contributed by atoms with Gasteiger partial charge in [0.25, 0.3) is 0 Å². The molecule has 0 aliphatic carbocycles. The van der Waals surface area contributed by atoms with Crippen molar-refractivity contribution >= 4 is 11.5 Å². The van der Waals surface area contributed by atoms with Gasteiger partial charge in [0.1, 0.15) is 5.69 Å². The Bertz CT molecular complexity index is 1270. The van der Waals surface area contributed by atoms with E-state index in [0.29, 0.717) is 11.4 Å². The molecule has 0 spiro atoms. The smallest absolute Gasteiger partial charge is 0.416 e. The molecule has 3 heterocycles. The van der Waals surface area contributed by atoms with Gasteiger partial charge >= 0.3 is 6.18 Å². The first kappa shape index (κ1) is 24.4. The van der Waals surface area contributed by atoms with Crippen molar-refractivity contribution in [3.63, 3.8) is 0 Å². The molecule has 0 saturated carbocycles. The lowest BCUT2D eigenvalue weighted by atomic mass is 9.84. The Morgan fingerprint density at radius 2 is 1.97 bits per heavy atom. The largest absolute Gasteiger partial charge is 0.479 e. The van der Waals surface area contributed by atoms with Gasteiger partial charge in [-0.25, -0.2) is 25.2 Å². The van der Waals surface area contributed by atoms with Crippen molar-refractivity contribution in [1.82, 2.24) is 19.5 Å². The number of aromatic nitrogens is 3. The summed E-state index contributed by atoms with van der Waals surface area (Å²) < 4.78 is 63.3. The van der Waals surface area contributed by atoms with Crippen LogP contribution in [0.2, 0.25) is 0 Å². The molecule has 2 atom stereocenters. The van der Waals surface area contributed by atoms with Crippen molar-refractivity contribution in [2.24, 2.45) is 10.8 Å². The van der Waals surface area contributed by atoms with Gasteiger partial charge in [0.05, 0.1) is 36.1 Å². The number of pyridine rings is 1. The van der Waals surface area contributed by atoms with Gasteiger partial charge in [-0.05, 0) is 37.1 Å². The second-order valence-electron chi connectivity index (χ2n) is 8.14. The van der Waals surface area contributed by atoms with Crippen LogP contribution < -0.4 is 10.6 Å². The first-order valence-electron chi connectivity index (χ1n) is 10.8. The highest BCUT2D eigenvalue weighted by Crippen LogP contribution is 2.40. The molecule has 35 heavy (non-hydrogen) atoms. The zero-order valence-electron chi connectivity index (χ0n) is 19.1. The van der Waals surface area contributed by atoms with Crippen LogP contribution in [-0.4, -0.2) is 45.2 Å². The van der Waals surface area contributed by atoms with Gasteiger partial charge in [0.15, 0.2) is 12.0 Å². The molecule has 7 nitrogen and oxygen atoms in total. The van der Waals surface area contributed by atoms with Crippen molar-refractivity contribution in [3.05, 3.63) is 78.0 Å². The number of halogens is 4. The van der Waals surface area contributed by atoms with E-state index in [1.807, 2.05) is 6.92 Å². The average Bonchev–Trinajstić information content (AvgIpc) is 3.26. The van der Waals surface area contributed by atoms with Crippen LogP contribution in [0.25, 0.3) is 11.4 Å². The number of hydrogen-bond acceptors (Lipinski definition) is 5. The summed E-state index contributed by atoms with van der Waals surface area (Å²) in [6, 6.07) is 8.34. The molecule has 4 rings (SSSR count). The summed E-state index contributed by atoms with van der Waals surface area (Å²) >= 11 is 0. The lowest BCUT2D eigenvalue weighted by molar-refractivity contribution is -0.138. The van der Waals surface area contributed by atoms with Gasteiger partial charge < -0.3 is 9.30 Å². The standard InChI is InChI=1S/C24H24F4N6O/c1-14-12-33(13-30-14)20-9-8-19(32-23(20)35-3)15(2)31-22-21(25)17(10-11-34(22)29)16-6-4-5-7-18(16)24(26,27)28/h4-9,12-13,17,21H,2,10-11,29H2,1,3H3/b31-22-/t17-,21-/m1/s1. The molecule has 0 unspecified atom stereocenters. The van der Waals surface area contributed by atoms with Crippen LogP contribution >= 0.6 is 0 Å². The number of methoxy groups -OCH3 is 1. The number of imidazole rings is 1. The van der Waals surface area contributed by atoms with Gasteiger partial charge in [0.2, 0.25) is 5.88 Å². The van der Waals surface area contributed by atoms with Crippen molar-refractivity contribution in [2.75, 3.05) is 13.7 Å². The van der Waals surface area contributed by atoms with Crippen LogP contribution in [0.3, 0.4) is 0 Å². The summed E-state index contributed by atoms with van der Waals surface area (Å²) in [6.45, 7) is 5.84. The number of nitrogens with two attached hydrogens (primary N) is 1. The zero-order valence-corrected chi connectivity index (χ0v) is 19.1. The lowest BCUT2D eigenvalue weighted by Crippen LogP contribution is -2.50. The molecule has 184 valence electrons. The van der Waals surface area contributed by atoms with E-state index in [4.69, 9.17) is 10.6 Å². The van der Waals surface area contributed by atoms with E-state index in [1.54, 1.807) is 29.2 Å². The highest BCUT2D eigenvalue weighted by Gasteiger charge is 2.41. The fourth-order valence-electron chi connectivity index (χ4n) is 4.08. The zero-order chi connectivity index (χ0) is 25.3. The molecular weight excluding hydrogens is 464 g/mol. The van der Waals surface area contributed by atoms with Crippen LogP contribution in [0.15, 0.2) is 60.5 Å². The van der Waals surface area contributed by atoms with E-state index in [1.165, 1.54) is 25.3 Å². The normalized spacial score (nSPS) is 19.7. The van der Waals surface area contributed by atoms with Crippen molar-refractivity contribution in [1.29, 1.82) is 0 Å². The number of hydrazine groups is 1. The molecule has 0 radical (unpaired) electrons. The van der Waals surface area contributed by atoms with Crippen LogP contribution in [0.5, 0.6) is 5.88 Å². The van der Waals surface area contributed by atoms with Crippen molar-refractivity contribution in [2.45, 2.75) is 31.6 Å². The molecule has 1 fully saturated rings. The number of rotatable bonds is 5. The van der Waals surface area contributed by atoms with Crippen LogP contribution in [0.1, 0.15) is 34.9 Å². The minimum Gasteiger partial charge on any atom is -0.479 e. The molecule has 2 aromatic heterocycles. The molecular formula is C24H24F4N6O. The predicted octanol–water partition coefficient (Wildman–Crippen LogP) is 4.67. The van der Waals surface area contributed by atoms with Crippen molar-refractivity contribution in [3.8, 4) is 11.6 Å². The molecule has 0 bridgehead atoms. The van der Waals surface area contributed by atoms with Gasteiger partial charge in [-0.15, -0.1) is 0 Å². The molecule has 11 heteroatoms. The van der Waals surface area contributed by atoms with Crippen LogP contribution in [0, 0.1) is 6.92 Å². The SMILES string of the molecule is C=C(/N=C1/[C@H](F)[C@@H](c2ccccc2C(F)(F)F)CCN1N)c1ccc(-n2cnc(C)c2)c(OC)n1. The average molecular weight is 488 g/mol. The predicted molar refractivity (Wildman–Crippen MR) is 124 cm³/mol. The molecule has 1 saturated heterocycles. The number of nitrogens with zero attached hydrogens (tertiary/aromatic N) is 5. The summed E-state index contributed by atoms with van der Waals surface area (Å²) in [7, 11) is 1.46. The first-order valence-corrected chi connectivity index (χ1v) is 10.8. The first-order chi connectivity index (χ1) is 16.6. The molecule has 3 aromatic rings. The summed E-state index contributed by atoms with van der Waals surface area (Å²) in [4.78, 5) is 12.8. The maximum atomic E-state index is 15.6. The minimum absolute atomic E-state index is 0.0921. The summed E-state index contributed by atoms with van der Waals surface area (Å²) in [5, 5.41) is 1.10. The summed E-state index contributed by atoms with van der Waals surface area (Å²) in [5.74, 6) is 4.96. The topological polar surface area (TPSA) is 81.6 Å². The van der Waals surface area contributed by atoms with E-state index in [2.05, 4.69) is 21.5 Å². The highest BCUT2D eigenvalue weighted by molar-refractivity contribution is 5.92. The van der Waals surface area contributed by atoms with Gasteiger partial charge in [-0.3, -0.25) is 5.01 Å². The number of aliphatic imine (C=N–C) groups is 1. The van der Waals surface area contributed by atoms with Gasteiger partial charge in [-0.1, -0.05) is 24.8 Å². The Hall–Kier alpha value is -3.73. The Balaban J connectivity index is 1.65. The third-order valence-corrected chi connectivity index (χ3v) is 5.81. The Morgan fingerprint density at radius 1 is 1.23 bits per heavy atom. The van der Waals surface area contributed by atoms with Crippen molar-refractivity contribution < 1.29 is 22.3 Å². The second-order valence-corrected chi connectivity index (χ2v) is 8.14. The second kappa shape index (κ2) is 9.49. The Labute approximate surface area is 199 Å². The number of amidine groups is 1. The molecule has 1 aliphatic rings. The highest BCUT2D eigenvalue weighted by atomic mass is 19.4. The Kier molecular flexibility index (Phi) is 6.62. The Morgan fingerprint density at radius 3 is 2.63 bits per heavy atom. The number of aryl methyl sites for hydroxylation is 1. The number of piperidine rings is 1. The third kappa shape index (κ3) is 4.90. The van der Waals surface area contributed by atoms with Crippen LogP contribution in [-0.2, 0) is 6.18 Å². The van der Waals surface area contributed by atoms with E-state index in [9.17, 15) is 13.2 Å². The molecule has 2 N–H and O–H groups in total. The fraction of sp³-hybridized carbons (Fsp3) is 0.292. The number of ether oxygens (including phenoxy) is 1. The van der Waals surface area contributed by atoms with E-state index in [-0.39, 0.29) is 35.9 Å². The third-order valence-electron chi connectivity index (χ3n) is 5.81. The van der Waals surface area contributed by atoms with Gasteiger partial charge in [0, 0.05) is 18.7 Å².